The van der Waals surface area contributed by atoms with Crippen LogP contribution < -0.4 is 5.32 Å². The Labute approximate surface area is 122 Å². The van der Waals surface area contributed by atoms with E-state index in [2.05, 4.69) is 27.5 Å². The average Bonchev–Trinajstić information content (AvgIpc) is 3.09. The maximum absolute atomic E-state index is 5.17. The summed E-state index contributed by atoms with van der Waals surface area (Å²) < 4.78 is 7.01. The van der Waals surface area contributed by atoms with Crippen LogP contribution in [0.5, 0.6) is 0 Å². The SMILES string of the molecule is Cc1nn(C)cc1C(C)Nc1ccc(-c2nnco2)cc1. The van der Waals surface area contributed by atoms with Gasteiger partial charge in [-0.05, 0) is 38.1 Å². The number of nitrogens with zero attached hydrogens (tertiary/aromatic N) is 4. The molecule has 0 bridgehead atoms. The van der Waals surface area contributed by atoms with Crippen LogP contribution in [-0.2, 0) is 7.05 Å². The number of aromatic nitrogens is 4. The summed E-state index contributed by atoms with van der Waals surface area (Å²) in [4.78, 5) is 0. The van der Waals surface area contributed by atoms with E-state index in [1.165, 1.54) is 12.0 Å². The first kappa shape index (κ1) is 13.4. The van der Waals surface area contributed by atoms with Crippen LogP contribution in [0.15, 0.2) is 41.3 Å². The second kappa shape index (κ2) is 5.40. The Morgan fingerprint density at radius 3 is 2.57 bits per heavy atom. The van der Waals surface area contributed by atoms with Gasteiger partial charge in [0.2, 0.25) is 12.3 Å². The number of nitrogens with one attached hydrogen (secondary N) is 1. The lowest BCUT2D eigenvalue weighted by Crippen LogP contribution is -2.06. The summed E-state index contributed by atoms with van der Waals surface area (Å²) in [7, 11) is 1.93. The Hall–Kier alpha value is -2.63. The molecule has 1 unspecified atom stereocenters. The number of benzene rings is 1. The summed E-state index contributed by atoms with van der Waals surface area (Å²) in [5.41, 5.74) is 4.18. The molecule has 0 radical (unpaired) electrons. The molecule has 1 N–H and O–H groups in total. The molecular weight excluding hydrogens is 266 g/mol. The van der Waals surface area contributed by atoms with Crippen LogP contribution in [0.4, 0.5) is 5.69 Å². The van der Waals surface area contributed by atoms with Crippen molar-refractivity contribution in [2.24, 2.45) is 7.05 Å². The van der Waals surface area contributed by atoms with Crippen LogP contribution in [0.1, 0.15) is 24.2 Å². The second-order valence-electron chi connectivity index (χ2n) is 5.03. The van der Waals surface area contributed by atoms with Crippen LogP contribution in [0.3, 0.4) is 0 Å². The van der Waals surface area contributed by atoms with Crippen molar-refractivity contribution in [3.05, 3.63) is 48.1 Å². The van der Waals surface area contributed by atoms with Gasteiger partial charge in [-0.25, -0.2) is 0 Å². The third kappa shape index (κ3) is 2.79. The van der Waals surface area contributed by atoms with Crippen molar-refractivity contribution in [3.8, 4) is 11.5 Å². The molecule has 3 aromatic rings. The number of anilines is 1. The standard InChI is InChI=1S/C15H17N5O/c1-10(14-8-20(3)19-11(14)2)17-13-6-4-12(5-7-13)15-18-16-9-21-15/h4-10,17H,1-3H3. The van der Waals surface area contributed by atoms with Gasteiger partial charge in [-0.2, -0.15) is 5.10 Å². The van der Waals surface area contributed by atoms with Gasteiger partial charge >= 0.3 is 0 Å². The molecule has 1 atom stereocenters. The van der Waals surface area contributed by atoms with Crippen molar-refractivity contribution >= 4 is 5.69 Å². The smallest absolute Gasteiger partial charge is 0.247 e. The molecule has 0 spiro atoms. The highest BCUT2D eigenvalue weighted by Gasteiger charge is 2.11. The molecule has 3 rings (SSSR count). The zero-order valence-corrected chi connectivity index (χ0v) is 12.2. The summed E-state index contributed by atoms with van der Waals surface area (Å²) in [5.74, 6) is 0.526. The third-order valence-electron chi connectivity index (χ3n) is 3.39. The van der Waals surface area contributed by atoms with Crippen molar-refractivity contribution in [2.75, 3.05) is 5.32 Å². The molecule has 6 nitrogen and oxygen atoms in total. The fourth-order valence-electron chi connectivity index (χ4n) is 2.38. The molecule has 0 saturated heterocycles. The Morgan fingerprint density at radius 2 is 2.00 bits per heavy atom. The number of hydrogen-bond acceptors (Lipinski definition) is 5. The summed E-state index contributed by atoms with van der Waals surface area (Å²) in [5, 5.41) is 15.4. The Balaban J connectivity index is 1.74. The Morgan fingerprint density at radius 1 is 1.24 bits per heavy atom. The zero-order valence-electron chi connectivity index (χ0n) is 12.2. The first-order valence-electron chi connectivity index (χ1n) is 6.77. The maximum Gasteiger partial charge on any atom is 0.247 e. The number of aryl methyl sites for hydroxylation is 2. The molecule has 108 valence electrons. The summed E-state index contributed by atoms with van der Waals surface area (Å²) >= 11 is 0. The maximum atomic E-state index is 5.17. The molecule has 2 aromatic heterocycles. The minimum atomic E-state index is 0.188. The first-order valence-corrected chi connectivity index (χ1v) is 6.77. The summed E-state index contributed by atoms with van der Waals surface area (Å²) in [6.45, 7) is 4.14. The van der Waals surface area contributed by atoms with Crippen molar-refractivity contribution in [1.29, 1.82) is 0 Å². The molecule has 0 aliphatic heterocycles. The van der Waals surface area contributed by atoms with E-state index in [9.17, 15) is 0 Å². The third-order valence-corrected chi connectivity index (χ3v) is 3.39. The van der Waals surface area contributed by atoms with E-state index in [-0.39, 0.29) is 6.04 Å². The van der Waals surface area contributed by atoms with Crippen LogP contribution in [0.25, 0.3) is 11.5 Å². The molecule has 0 amide bonds. The lowest BCUT2D eigenvalue weighted by Gasteiger charge is -2.14. The molecule has 0 fully saturated rings. The topological polar surface area (TPSA) is 68.8 Å². The number of hydrogen-bond donors (Lipinski definition) is 1. The van der Waals surface area contributed by atoms with Gasteiger partial charge in [0.05, 0.1) is 11.7 Å². The lowest BCUT2D eigenvalue weighted by atomic mass is 10.1. The second-order valence-corrected chi connectivity index (χ2v) is 5.03. The van der Waals surface area contributed by atoms with Crippen molar-refractivity contribution in [1.82, 2.24) is 20.0 Å². The van der Waals surface area contributed by atoms with Crippen molar-refractivity contribution < 1.29 is 4.42 Å². The van der Waals surface area contributed by atoms with E-state index < -0.39 is 0 Å². The van der Waals surface area contributed by atoms with E-state index in [4.69, 9.17) is 4.42 Å². The highest BCUT2D eigenvalue weighted by Crippen LogP contribution is 2.23. The number of rotatable bonds is 4. The van der Waals surface area contributed by atoms with E-state index in [1.807, 2.05) is 49.1 Å². The van der Waals surface area contributed by atoms with E-state index in [1.54, 1.807) is 0 Å². The Kier molecular flexibility index (Phi) is 3.43. The normalized spacial score (nSPS) is 12.3. The van der Waals surface area contributed by atoms with Gasteiger partial charge in [-0.15, -0.1) is 10.2 Å². The Bertz CT molecular complexity index is 715. The molecule has 2 heterocycles. The first-order chi connectivity index (χ1) is 10.1. The van der Waals surface area contributed by atoms with Crippen LogP contribution >= 0.6 is 0 Å². The minimum absolute atomic E-state index is 0.188. The van der Waals surface area contributed by atoms with Gasteiger partial charge in [-0.1, -0.05) is 0 Å². The zero-order chi connectivity index (χ0) is 14.8. The predicted octanol–water partition coefficient (Wildman–Crippen LogP) is 2.95. The van der Waals surface area contributed by atoms with Gasteiger partial charge < -0.3 is 9.73 Å². The molecular formula is C15H17N5O. The molecule has 6 heteroatoms. The van der Waals surface area contributed by atoms with E-state index >= 15 is 0 Å². The fourth-order valence-corrected chi connectivity index (χ4v) is 2.38. The lowest BCUT2D eigenvalue weighted by molar-refractivity contribution is 0.568. The molecule has 1 aromatic carbocycles. The molecule has 0 saturated carbocycles. The van der Waals surface area contributed by atoms with Gasteiger partial charge in [0.15, 0.2) is 0 Å². The predicted molar refractivity (Wildman–Crippen MR) is 79.7 cm³/mol. The van der Waals surface area contributed by atoms with Gasteiger partial charge in [0.1, 0.15) is 0 Å². The summed E-state index contributed by atoms with van der Waals surface area (Å²) in [6, 6.07) is 8.11. The van der Waals surface area contributed by atoms with Gasteiger partial charge in [-0.3, -0.25) is 4.68 Å². The largest absolute Gasteiger partial charge is 0.423 e. The van der Waals surface area contributed by atoms with Gasteiger partial charge in [0.25, 0.3) is 0 Å². The van der Waals surface area contributed by atoms with Crippen LogP contribution in [0, 0.1) is 6.92 Å². The highest BCUT2D eigenvalue weighted by atomic mass is 16.4. The van der Waals surface area contributed by atoms with Crippen LogP contribution in [-0.4, -0.2) is 20.0 Å². The van der Waals surface area contributed by atoms with E-state index in [0.29, 0.717) is 5.89 Å². The summed E-state index contributed by atoms with van der Waals surface area (Å²) in [6.07, 6.45) is 3.37. The monoisotopic (exact) mass is 283 g/mol. The van der Waals surface area contributed by atoms with E-state index in [0.717, 1.165) is 16.9 Å². The van der Waals surface area contributed by atoms with Crippen molar-refractivity contribution in [2.45, 2.75) is 19.9 Å². The quantitative estimate of drug-likeness (QED) is 0.797. The van der Waals surface area contributed by atoms with Crippen LogP contribution in [0.2, 0.25) is 0 Å². The molecule has 0 aliphatic carbocycles. The minimum Gasteiger partial charge on any atom is -0.423 e. The molecule has 0 aliphatic rings. The van der Waals surface area contributed by atoms with Crippen molar-refractivity contribution in [3.63, 3.8) is 0 Å². The van der Waals surface area contributed by atoms with Gasteiger partial charge in [0, 0.05) is 30.1 Å². The molecule has 21 heavy (non-hydrogen) atoms. The highest BCUT2D eigenvalue weighted by molar-refractivity contribution is 5.58. The average molecular weight is 283 g/mol. The fraction of sp³-hybridized carbons (Fsp3) is 0.267.